The number of benzene rings is 2. The minimum atomic E-state index is -0.690. The summed E-state index contributed by atoms with van der Waals surface area (Å²) in [5.74, 6) is -1.41. The van der Waals surface area contributed by atoms with Crippen LogP contribution in [0.3, 0.4) is 0 Å². The van der Waals surface area contributed by atoms with Crippen LogP contribution in [0.1, 0.15) is 66.7 Å². The molecule has 41 heavy (non-hydrogen) atoms. The number of unbranched alkanes of at least 4 members (excludes halogenated alkanes) is 2. The van der Waals surface area contributed by atoms with E-state index >= 15 is 0 Å². The fraction of sp³-hybridized carbons (Fsp3) is 0.371. The molecule has 2 aromatic carbocycles. The smallest absolute Gasteiger partial charge is 0.335 e. The van der Waals surface area contributed by atoms with E-state index in [-0.39, 0.29) is 36.9 Å². The zero-order valence-electron chi connectivity index (χ0n) is 24.3. The highest BCUT2D eigenvalue weighted by Crippen LogP contribution is 2.32. The Morgan fingerprint density at radius 2 is 1.61 bits per heavy atom. The van der Waals surface area contributed by atoms with Gasteiger partial charge in [-0.3, -0.25) is 0 Å². The van der Waals surface area contributed by atoms with E-state index in [0.29, 0.717) is 0 Å². The largest absolute Gasteiger partial charge is 0.461 e. The van der Waals surface area contributed by atoms with Gasteiger partial charge in [-0.1, -0.05) is 99.7 Å². The number of carbonyl (C=O) groups is 2. The molecule has 3 rings (SSSR count). The molecular weight excluding hydrogens is 516 g/mol. The van der Waals surface area contributed by atoms with Crippen molar-refractivity contribution < 1.29 is 28.9 Å². The average molecular weight is 559 g/mol. The van der Waals surface area contributed by atoms with Crippen LogP contribution in [-0.4, -0.2) is 50.6 Å². The summed E-state index contributed by atoms with van der Waals surface area (Å²) in [6, 6.07) is 17.0. The lowest BCUT2D eigenvalue weighted by Crippen LogP contribution is -2.22. The van der Waals surface area contributed by atoms with Crippen LogP contribution in [0.5, 0.6) is 0 Å². The number of allylic oxidation sites excluding steroid dienone is 4. The molecule has 1 aliphatic rings. The molecule has 0 radical (unpaired) electrons. The quantitative estimate of drug-likeness (QED) is 0.145. The molecule has 0 fully saturated rings. The lowest BCUT2D eigenvalue weighted by Gasteiger charge is -2.20. The molecule has 0 bridgehead atoms. The van der Waals surface area contributed by atoms with Gasteiger partial charge in [-0.05, 0) is 47.1 Å². The van der Waals surface area contributed by atoms with Crippen molar-refractivity contribution in [3.8, 4) is 0 Å². The van der Waals surface area contributed by atoms with Crippen molar-refractivity contribution in [2.75, 3.05) is 33.5 Å². The first-order chi connectivity index (χ1) is 19.9. The maximum atomic E-state index is 12.3. The van der Waals surface area contributed by atoms with Crippen LogP contribution in [0.2, 0.25) is 0 Å². The van der Waals surface area contributed by atoms with Crippen LogP contribution in [0.15, 0.2) is 91.1 Å². The predicted octanol–water partition coefficient (Wildman–Crippen LogP) is 6.47. The molecule has 0 aromatic heterocycles. The van der Waals surface area contributed by atoms with Gasteiger partial charge < -0.3 is 19.3 Å². The van der Waals surface area contributed by atoms with Crippen molar-refractivity contribution in [1.29, 1.82) is 0 Å². The maximum absolute atomic E-state index is 12.3. The zero-order chi connectivity index (χ0) is 29.6. The maximum Gasteiger partial charge on any atom is 0.335 e. The summed E-state index contributed by atoms with van der Waals surface area (Å²) >= 11 is 0. The van der Waals surface area contributed by atoms with Gasteiger partial charge in [0.15, 0.2) is 0 Å². The van der Waals surface area contributed by atoms with Crippen LogP contribution in [0, 0.1) is 0 Å². The molecule has 1 aliphatic carbocycles. The standard InChI is InChI=1S/C35H42O6/c1-5-6-7-8-27-9-11-28(12-10-27)29-13-15-30(16-14-29)31-17-19-32(20-18-31)33(23-40-34(37)25(2)21-36)24-41-35(38)26(3)22-39-4/h9-15,17-20,30,33,36H,2-3,5-8,16,21-24H2,1,4H3. The number of esters is 2. The van der Waals surface area contributed by atoms with E-state index in [9.17, 15) is 9.59 Å². The van der Waals surface area contributed by atoms with Gasteiger partial charge in [0.2, 0.25) is 0 Å². The Labute approximate surface area is 244 Å². The van der Waals surface area contributed by atoms with Gasteiger partial charge in [-0.25, -0.2) is 9.59 Å². The Balaban J connectivity index is 1.64. The van der Waals surface area contributed by atoms with Gasteiger partial charge in [-0.2, -0.15) is 0 Å². The number of hydrogen-bond acceptors (Lipinski definition) is 6. The Kier molecular flexibility index (Phi) is 12.8. The van der Waals surface area contributed by atoms with Gasteiger partial charge in [-0.15, -0.1) is 0 Å². The lowest BCUT2D eigenvalue weighted by molar-refractivity contribution is -0.143. The van der Waals surface area contributed by atoms with E-state index in [1.54, 1.807) is 0 Å². The number of methoxy groups -OCH3 is 1. The number of aryl methyl sites for hydroxylation is 1. The molecule has 218 valence electrons. The molecule has 0 saturated carbocycles. The molecule has 2 atom stereocenters. The SMILES string of the molecule is C=C(CO)C(=O)OCC(COC(=O)C(=C)COC)c1ccc(C2C=CC(c3ccc(CCCCC)cc3)=CC2)cc1. The molecule has 6 heteroatoms. The first-order valence-corrected chi connectivity index (χ1v) is 14.2. The number of aliphatic hydroxyl groups is 1. The summed E-state index contributed by atoms with van der Waals surface area (Å²) < 4.78 is 15.7. The third-order valence-corrected chi connectivity index (χ3v) is 7.21. The van der Waals surface area contributed by atoms with Crippen molar-refractivity contribution in [3.63, 3.8) is 0 Å². The number of aliphatic hydroxyl groups excluding tert-OH is 1. The summed E-state index contributed by atoms with van der Waals surface area (Å²) in [6.45, 7) is 8.94. The first kappa shape index (κ1) is 31.8. The number of hydrogen-bond donors (Lipinski definition) is 1. The third kappa shape index (κ3) is 9.69. The average Bonchev–Trinajstić information content (AvgIpc) is 3.01. The molecule has 1 N–H and O–H groups in total. The summed E-state index contributed by atoms with van der Waals surface area (Å²) in [7, 11) is 1.47. The van der Waals surface area contributed by atoms with Gasteiger partial charge >= 0.3 is 11.9 Å². The minimum Gasteiger partial charge on any atom is -0.461 e. The molecule has 0 spiro atoms. The van der Waals surface area contributed by atoms with Crippen LogP contribution in [-0.2, 0) is 30.2 Å². The van der Waals surface area contributed by atoms with Gasteiger partial charge in [0.1, 0.15) is 13.2 Å². The fourth-order valence-electron chi connectivity index (χ4n) is 4.63. The molecule has 0 saturated heterocycles. The summed E-state index contributed by atoms with van der Waals surface area (Å²) in [6.07, 6.45) is 12.5. The third-order valence-electron chi connectivity index (χ3n) is 7.21. The van der Waals surface area contributed by atoms with Crippen molar-refractivity contribution >= 4 is 17.5 Å². The fourth-order valence-corrected chi connectivity index (χ4v) is 4.63. The first-order valence-electron chi connectivity index (χ1n) is 14.2. The Morgan fingerprint density at radius 1 is 0.951 bits per heavy atom. The van der Waals surface area contributed by atoms with E-state index in [2.05, 4.69) is 74.7 Å². The van der Waals surface area contributed by atoms with Crippen LogP contribution in [0.4, 0.5) is 0 Å². The Morgan fingerprint density at radius 3 is 2.17 bits per heavy atom. The predicted molar refractivity (Wildman–Crippen MR) is 162 cm³/mol. The van der Waals surface area contributed by atoms with Gasteiger partial charge in [0.05, 0.1) is 30.3 Å². The monoisotopic (exact) mass is 558 g/mol. The molecule has 2 aromatic rings. The topological polar surface area (TPSA) is 82.1 Å². The van der Waals surface area contributed by atoms with E-state index in [4.69, 9.17) is 19.3 Å². The molecule has 0 amide bonds. The Bertz CT molecular complexity index is 1240. The highest BCUT2D eigenvalue weighted by Gasteiger charge is 2.20. The highest BCUT2D eigenvalue weighted by molar-refractivity contribution is 5.88. The van der Waals surface area contributed by atoms with Gasteiger partial charge in [0.25, 0.3) is 0 Å². The Hall–Kier alpha value is -3.74. The number of ether oxygens (including phenoxy) is 3. The summed E-state index contributed by atoms with van der Waals surface area (Å²) in [5.41, 5.74) is 6.05. The van der Waals surface area contributed by atoms with Crippen LogP contribution in [0.25, 0.3) is 5.57 Å². The van der Waals surface area contributed by atoms with E-state index in [1.807, 2.05) is 12.1 Å². The van der Waals surface area contributed by atoms with E-state index in [0.717, 1.165) is 18.4 Å². The number of carbonyl (C=O) groups excluding carboxylic acids is 2. The second kappa shape index (κ2) is 16.5. The van der Waals surface area contributed by atoms with E-state index in [1.165, 1.54) is 48.6 Å². The summed E-state index contributed by atoms with van der Waals surface area (Å²) in [4.78, 5) is 24.3. The van der Waals surface area contributed by atoms with Crippen molar-refractivity contribution in [2.45, 2.75) is 50.9 Å². The molecule has 0 aliphatic heterocycles. The minimum absolute atomic E-state index is 0.00732. The lowest BCUT2D eigenvalue weighted by atomic mass is 9.87. The highest BCUT2D eigenvalue weighted by atomic mass is 16.5. The zero-order valence-corrected chi connectivity index (χ0v) is 24.3. The normalized spacial score (nSPS) is 15.1. The van der Waals surface area contributed by atoms with Crippen molar-refractivity contribution in [2.24, 2.45) is 0 Å². The second-order valence-corrected chi connectivity index (χ2v) is 10.4. The van der Waals surface area contributed by atoms with Crippen LogP contribution >= 0.6 is 0 Å². The van der Waals surface area contributed by atoms with Crippen molar-refractivity contribution in [3.05, 3.63) is 113 Å². The van der Waals surface area contributed by atoms with Gasteiger partial charge in [0, 0.05) is 13.0 Å². The second-order valence-electron chi connectivity index (χ2n) is 10.4. The van der Waals surface area contributed by atoms with E-state index < -0.39 is 24.5 Å². The number of rotatable bonds is 16. The van der Waals surface area contributed by atoms with Crippen LogP contribution < -0.4 is 0 Å². The summed E-state index contributed by atoms with van der Waals surface area (Å²) in [5, 5.41) is 9.16. The molecular formula is C35H42O6. The molecule has 2 unspecified atom stereocenters. The van der Waals surface area contributed by atoms with Crippen molar-refractivity contribution in [1.82, 2.24) is 0 Å². The molecule has 0 heterocycles. The molecule has 6 nitrogen and oxygen atoms in total.